The molecule has 1 aliphatic carbocycles. The second-order valence-electron chi connectivity index (χ2n) is 4.76. The SMILES string of the molecule is Cc1cc(NC(=O)C2(C#N)CCC2)ccc1[N+](=O)[O-]. The Bertz CT molecular complexity index is 585. The quantitative estimate of drug-likeness (QED) is 0.666. The van der Waals surface area contributed by atoms with Gasteiger partial charge < -0.3 is 5.32 Å². The monoisotopic (exact) mass is 259 g/mol. The summed E-state index contributed by atoms with van der Waals surface area (Å²) >= 11 is 0. The highest BCUT2D eigenvalue weighted by Crippen LogP contribution is 2.41. The highest BCUT2D eigenvalue weighted by atomic mass is 16.6. The minimum absolute atomic E-state index is 0.0108. The van der Waals surface area contributed by atoms with Crippen molar-refractivity contribution in [3.8, 4) is 6.07 Å². The summed E-state index contributed by atoms with van der Waals surface area (Å²) in [6.45, 7) is 1.61. The molecule has 0 spiro atoms. The van der Waals surface area contributed by atoms with Crippen LogP contribution in [-0.2, 0) is 4.79 Å². The fourth-order valence-electron chi connectivity index (χ4n) is 2.11. The van der Waals surface area contributed by atoms with Crippen molar-refractivity contribution in [3.05, 3.63) is 33.9 Å². The van der Waals surface area contributed by atoms with Crippen molar-refractivity contribution < 1.29 is 9.72 Å². The van der Waals surface area contributed by atoms with Crippen molar-refractivity contribution in [3.63, 3.8) is 0 Å². The maximum Gasteiger partial charge on any atom is 0.272 e. The first kappa shape index (κ1) is 13.0. The number of rotatable bonds is 3. The first-order valence-electron chi connectivity index (χ1n) is 5.96. The minimum atomic E-state index is -0.921. The van der Waals surface area contributed by atoms with Gasteiger partial charge in [-0.1, -0.05) is 0 Å². The van der Waals surface area contributed by atoms with Gasteiger partial charge in [0.05, 0.1) is 11.0 Å². The second kappa shape index (κ2) is 4.69. The molecule has 6 nitrogen and oxygen atoms in total. The Kier molecular flexibility index (Phi) is 3.21. The number of aryl methyl sites for hydroxylation is 1. The van der Waals surface area contributed by atoms with E-state index in [4.69, 9.17) is 5.26 Å². The van der Waals surface area contributed by atoms with Gasteiger partial charge in [0.25, 0.3) is 5.69 Å². The number of nitro benzene ring substituents is 1. The first-order valence-corrected chi connectivity index (χ1v) is 5.96. The summed E-state index contributed by atoms with van der Waals surface area (Å²) in [5.74, 6) is -0.325. The van der Waals surface area contributed by atoms with Crippen molar-refractivity contribution in [2.45, 2.75) is 26.2 Å². The lowest BCUT2D eigenvalue weighted by Gasteiger charge is -2.33. The molecule has 0 saturated heterocycles. The van der Waals surface area contributed by atoms with Gasteiger partial charge in [-0.3, -0.25) is 14.9 Å². The smallest absolute Gasteiger partial charge is 0.272 e. The predicted molar refractivity (Wildman–Crippen MR) is 68.4 cm³/mol. The first-order chi connectivity index (χ1) is 8.98. The zero-order valence-electron chi connectivity index (χ0n) is 10.5. The fourth-order valence-corrected chi connectivity index (χ4v) is 2.11. The summed E-state index contributed by atoms with van der Waals surface area (Å²) in [6, 6.07) is 6.43. The van der Waals surface area contributed by atoms with Crippen LogP contribution in [0.15, 0.2) is 18.2 Å². The number of anilines is 1. The molecule has 0 bridgehead atoms. The molecule has 0 aliphatic heterocycles. The number of nitro groups is 1. The van der Waals surface area contributed by atoms with Crippen LogP contribution in [0.2, 0.25) is 0 Å². The normalized spacial score (nSPS) is 16.0. The number of nitrogens with one attached hydrogen (secondary N) is 1. The van der Waals surface area contributed by atoms with E-state index in [1.807, 2.05) is 0 Å². The van der Waals surface area contributed by atoms with Crippen LogP contribution in [0, 0.1) is 33.8 Å². The lowest BCUT2D eigenvalue weighted by atomic mass is 9.69. The van der Waals surface area contributed by atoms with Crippen molar-refractivity contribution in [2.24, 2.45) is 5.41 Å². The Hall–Kier alpha value is -2.42. The van der Waals surface area contributed by atoms with E-state index in [1.54, 1.807) is 13.0 Å². The molecule has 1 fully saturated rings. The van der Waals surface area contributed by atoms with Crippen molar-refractivity contribution >= 4 is 17.3 Å². The van der Waals surface area contributed by atoms with Gasteiger partial charge in [-0.2, -0.15) is 5.26 Å². The topological polar surface area (TPSA) is 96.0 Å². The van der Waals surface area contributed by atoms with E-state index in [9.17, 15) is 14.9 Å². The molecule has 1 aromatic rings. The molecular formula is C13H13N3O3. The van der Waals surface area contributed by atoms with Gasteiger partial charge >= 0.3 is 0 Å². The minimum Gasteiger partial charge on any atom is -0.325 e. The molecule has 1 saturated carbocycles. The summed E-state index contributed by atoms with van der Waals surface area (Å²) in [5, 5.41) is 22.4. The average molecular weight is 259 g/mol. The van der Waals surface area contributed by atoms with Crippen LogP contribution in [-0.4, -0.2) is 10.8 Å². The molecule has 1 N–H and O–H groups in total. The third-order valence-electron chi connectivity index (χ3n) is 3.51. The Morgan fingerprint density at radius 3 is 2.63 bits per heavy atom. The van der Waals surface area contributed by atoms with E-state index in [0.717, 1.165) is 6.42 Å². The van der Waals surface area contributed by atoms with Gasteiger partial charge in [0, 0.05) is 17.3 Å². The molecule has 0 atom stereocenters. The largest absolute Gasteiger partial charge is 0.325 e. The second-order valence-corrected chi connectivity index (χ2v) is 4.76. The Labute approximate surface area is 110 Å². The number of benzene rings is 1. The number of carbonyl (C=O) groups is 1. The molecule has 0 radical (unpaired) electrons. The summed E-state index contributed by atoms with van der Waals surface area (Å²) in [7, 11) is 0. The summed E-state index contributed by atoms with van der Waals surface area (Å²) in [4.78, 5) is 22.2. The molecule has 1 aliphatic rings. The van der Waals surface area contributed by atoms with E-state index in [2.05, 4.69) is 11.4 Å². The summed E-state index contributed by atoms with van der Waals surface area (Å²) in [5.41, 5.74) is 0.0454. The number of nitrogens with zero attached hydrogens (tertiary/aromatic N) is 2. The Morgan fingerprint density at radius 1 is 1.53 bits per heavy atom. The molecule has 98 valence electrons. The van der Waals surface area contributed by atoms with Crippen molar-refractivity contribution in [1.82, 2.24) is 0 Å². The van der Waals surface area contributed by atoms with Crippen LogP contribution in [0.3, 0.4) is 0 Å². The van der Waals surface area contributed by atoms with Gasteiger partial charge in [-0.15, -0.1) is 0 Å². The standard InChI is InChI=1S/C13H13N3O3/c1-9-7-10(3-4-11(9)16(18)19)15-12(17)13(8-14)5-2-6-13/h3-4,7H,2,5-6H2,1H3,(H,15,17). The van der Waals surface area contributed by atoms with E-state index in [1.165, 1.54) is 12.1 Å². The number of carbonyl (C=O) groups excluding carboxylic acids is 1. The van der Waals surface area contributed by atoms with Gasteiger partial charge in [0.1, 0.15) is 5.41 Å². The third kappa shape index (κ3) is 2.27. The van der Waals surface area contributed by atoms with E-state index >= 15 is 0 Å². The lowest BCUT2D eigenvalue weighted by Crippen LogP contribution is -2.40. The molecule has 1 aromatic carbocycles. The zero-order valence-corrected chi connectivity index (χ0v) is 10.5. The predicted octanol–water partition coefficient (Wildman–Crippen LogP) is 2.54. The fraction of sp³-hybridized carbons (Fsp3) is 0.385. The molecule has 19 heavy (non-hydrogen) atoms. The highest BCUT2D eigenvalue weighted by molar-refractivity contribution is 5.98. The maximum absolute atomic E-state index is 12.0. The molecule has 0 heterocycles. The highest BCUT2D eigenvalue weighted by Gasteiger charge is 2.44. The van der Waals surface area contributed by atoms with Gasteiger partial charge in [-0.05, 0) is 38.3 Å². The van der Waals surface area contributed by atoms with E-state index in [-0.39, 0.29) is 11.6 Å². The van der Waals surface area contributed by atoms with Crippen LogP contribution >= 0.6 is 0 Å². The Morgan fingerprint density at radius 2 is 2.21 bits per heavy atom. The number of nitriles is 1. The number of hydrogen-bond donors (Lipinski definition) is 1. The molecule has 0 aromatic heterocycles. The van der Waals surface area contributed by atoms with Crippen LogP contribution < -0.4 is 5.32 Å². The van der Waals surface area contributed by atoms with Crippen molar-refractivity contribution in [1.29, 1.82) is 5.26 Å². The average Bonchev–Trinajstić information content (AvgIpc) is 2.27. The van der Waals surface area contributed by atoms with Gasteiger partial charge in [-0.25, -0.2) is 0 Å². The van der Waals surface area contributed by atoms with Gasteiger partial charge in [0.2, 0.25) is 5.91 Å². The summed E-state index contributed by atoms with van der Waals surface area (Å²) < 4.78 is 0. The van der Waals surface area contributed by atoms with E-state index in [0.29, 0.717) is 24.1 Å². The number of amides is 1. The molecule has 0 unspecified atom stereocenters. The van der Waals surface area contributed by atoms with Crippen LogP contribution in [0.25, 0.3) is 0 Å². The summed E-state index contributed by atoms with van der Waals surface area (Å²) in [6.07, 6.45) is 2.02. The van der Waals surface area contributed by atoms with Crippen LogP contribution in [0.4, 0.5) is 11.4 Å². The van der Waals surface area contributed by atoms with Crippen LogP contribution in [0.1, 0.15) is 24.8 Å². The lowest BCUT2D eigenvalue weighted by molar-refractivity contribution is -0.385. The maximum atomic E-state index is 12.0. The van der Waals surface area contributed by atoms with Crippen LogP contribution in [0.5, 0.6) is 0 Å². The molecule has 2 rings (SSSR count). The zero-order chi connectivity index (χ0) is 14.0. The van der Waals surface area contributed by atoms with E-state index < -0.39 is 10.3 Å². The van der Waals surface area contributed by atoms with Crippen molar-refractivity contribution in [2.75, 3.05) is 5.32 Å². The Balaban J connectivity index is 2.16. The molecule has 6 heteroatoms. The van der Waals surface area contributed by atoms with Gasteiger partial charge in [0.15, 0.2) is 0 Å². The third-order valence-corrected chi connectivity index (χ3v) is 3.51. The molecule has 1 amide bonds. The molecular weight excluding hydrogens is 246 g/mol. The number of hydrogen-bond acceptors (Lipinski definition) is 4.